The lowest BCUT2D eigenvalue weighted by Crippen LogP contribution is -2.40. The van der Waals surface area contributed by atoms with Crippen LogP contribution in [0.25, 0.3) is 0 Å². The number of amides is 1. The van der Waals surface area contributed by atoms with Crippen LogP contribution < -0.4 is 16.8 Å². The number of hydrogen-bond donors (Lipinski definition) is 3. The highest BCUT2D eigenvalue weighted by Crippen LogP contribution is 2.17. The van der Waals surface area contributed by atoms with E-state index in [4.69, 9.17) is 11.5 Å². The standard InChI is InChI=1S/C6H13N3O/c1-3(7)6(10)9-5-2-4(5)8/h3-5H,2,7-8H2,1H3,(H,9,10). The lowest BCUT2D eigenvalue weighted by Gasteiger charge is -2.05. The van der Waals surface area contributed by atoms with Gasteiger partial charge in [0.05, 0.1) is 6.04 Å². The van der Waals surface area contributed by atoms with E-state index in [1.54, 1.807) is 6.92 Å². The molecule has 4 nitrogen and oxygen atoms in total. The molecule has 4 heteroatoms. The minimum absolute atomic E-state index is 0.113. The summed E-state index contributed by atoms with van der Waals surface area (Å²) >= 11 is 0. The van der Waals surface area contributed by atoms with Crippen molar-refractivity contribution in [2.75, 3.05) is 0 Å². The molecule has 0 spiro atoms. The molecule has 0 aromatic rings. The molecule has 0 bridgehead atoms. The Morgan fingerprint density at radius 1 is 1.80 bits per heavy atom. The van der Waals surface area contributed by atoms with Crippen LogP contribution in [-0.2, 0) is 4.79 Å². The van der Waals surface area contributed by atoms with Crippen LogP contribution >= 0.6 is 0 Å². The third kappa shape index (κ3) is 1.68. The van der Waals surface area contributed by atoms with E-state index in [9.17, 15) is 4.79 Å². The molecule has 0 aromatic carbocycles. The average Bonchev–Trinajstić information content (AvgIpc) is 2.46. The van der Waals surface area contributed by atoms with Gasteiger partial charge < -0.3 is 16.8 Å². The van der Waals surface area contributed by atoms with Crippen molar-refractivity contribution in [3.8, 4) is 0 Å². The Morgan fingerprint density at radius 3 is 2.60 bits per heavy atom. The van der Waals surface area contributed by atoms with Crippen molar-refractivity contribution in [3.05, 3.63) is 0 Å². The summed E-state index contributed by atoms with van der Waals surface area (Å²) in [5.41, 5.74) is 10.8. The van der Waals surface area contributed by atoms with Gasteiger partial charge in [-0.05, 0) is 13.3 Å². The van der Waals surface area contributed by atoms with E-state index in [0.29, 0.717) is 0 Å². The van der Waals surface area contributed by atoms with Crippen LogP contribution in [0.3, 0.4) is 0 Å². The lowest BCUT2D eigenvalue weighted by molar-refractivity contribution is -0.122. The molecule has 1 saturated carbocycles. The van der Waals surface area contributed by atoms with Gasteiger partial charge in [0.2, 0.25) is 5.91 Å². The van der Waals surface area contributed by atoms with Crippen molar-refractivity contribution in [2.24, 2.45) is 11.5 Å². The molecule has 0 saturated heterocycles. The molecule has 5 N–H and O–H groups in total. The quantitative estimate of drug-likeness (QED) is 0.442. The van der Waals surface area contributed by atoms with Crippen molar-refractivity contribution in [1.82, 2.24) is 5.32 Å². The van der Waals surface area contributed by atoms with Gasteiger partial charge >= 0.3 is 0 Å². The van der Waals surface area contributed by atoms with E-state index >= 15 is 0 Å². The third-order valence-electron chi connectivity index (χ3n) is 1.58. The Kier molecular flexibility index (Phi) is 1.92. The molecule has 1 fully saturated rings. The van der Waals surface area contributed by atoms with Gasteiger partial charge in [-0.3, -0.25) is 4.79 Å². The van der Waals surface area contributed by atoms with Gasteiger partial charge in [-0.25, -0.2) is 0 Å². The molecule has 1 amide bonds. The zero-order valence-electron chi connectivity index (χ0n) is 6.00. The maximum absolute atomic E-state index is 10.8. The van der Waals surface area contributed by atoms with Gasteiger partial charge in [-0.2, -0.15) is 0 Å². The van der Waals surface area contributed by atoms with E-state index in [0.717, 1.165) is 6.42 Å². The second kappa shape index (κ2) is 2.56. The Balaban J connectivity index is 2.20. The molecule has 0 radical (unpaired) electrons. The van der Waals surface area contributed by atoms with Crippen LogP contribution in [0, 0.1) is 0 Å². The summed E-state index contributed by atoms with van der Waals surface area (Å²) in [4.78, 5) is 10.8. The second-order valence-electron chi connectivity index (χ2n) is 2.80. The molecule has 1 aliphatic rings. The first-order chi connectivity index (χ1) is 4.61. The Labute approximate surface area is 59.9 Å². The van der Waals surface area contributed by atoms with Crippen molar-refractivity contribution < 1.29 is 4.79 Å². The maximum atomic E-state index is 10.8. The van der Waals surface area contributed by atoms with Gasteiger partial charge in [0.15, 0.2) is 0 Å². The molecule has 1 aliphatic carbocycles. The maximum Gasteiger partial charge on any atom is 0.236 e. The third-order valence-corrected chi connectivity index (χ3v) is 1.58. The van der Waals surface area contributed by atoms with Crippen molar-refractivity contribution >= 4 is 5.91 Å². The normalized spacial score (nSPS) is 33.1. The summed E-state index contributed by atoms with van der Waals surface area (Å²) in [6.07, 6.45) is 0.887. The Morgan fingerprint density at radius 2 is 2.30 bits per heavy atom. The van der Waals surface area contributed by atoms with E-state index in [-0.39, 0.29) is 18.0 Å². The fraction of sp³-hybridized carbons (Fsp3) is 0.833. The fourth-order valence-electron chi connectivity index (χ4n) is 0.695. The predicted octanol–water partition coefficient (Wildman–Crippen LogP) is -1.45. The lowest BCUT2D eigenvalue weighted by atomic mass is 10.3. The van der Waals surface area contributed by atoms with Crippen LogP contribution in [0.4, 0.5) is 0 Å². The molecule has 3 atom stereocenters. The van der Waals surface area contributed by atoms with Crippen LogP contribution in [0.5, 0.6) is 0 Å². The molecule has 58 valence electrons. The average molecular weight is 143 g/mol. The fourth-order valence-corrected chi connectivity index (χ4v) is 0.695. The molecule has 0 aliphatic heterocycles. The summed E-state index contributed by atoms with van der Waals surface area (Å²) in [5, 5.41) is 2.71. The van der Waals surface area contributed by atoms with E-state index in [1.807, 2.05) is 0 Å². The molecular formula is C6H13N3O. The zero-order valence-corrected chi connectivity index (χ0v) is 6.00. The Bertz CT molecular complexity index is 146. The number of nitrogens with one attached hydrogen (secondary N) is 1. The van der Waals surface area contributed by atoms with Crippen LogP contribution in [0.2, 0.25) is 0 Å². The number of hydrogen-bond acceptors (Lipinski definition) is 3. The molecule has 0 aromatic heterocycles. The van der Waals surface area contributed by atoms with Crippen molar-refractivity contribution in [1.29, 1.82) is 0 Å². The molecular weight excluding hydrogens is 130 g/mol. The topological polar surface area (TPSA) is 81.1 Å². The number of carbonyl (C=O) groups is 1. The first kappa shape index (κ1) is 7.50. The second-order valence-corrected chi connectivity index (χ2v) is 2.80. The van der Waals surface area contributed by atoms with E-state index < -0.39 is 6.04 Å². The van der Waals surface area contributed by atoms with Gasteiger partial charge in [0.1, 0.15) is 0 Å². The summed E-state index contributed by atoms with van der Waals surface area (Å²) in [6.45, 7) is 1.66. The Hall–Kier alpha value is -0.610. The number of carbonyl (C=O) groups excluding carboxylic acids is 1. The summed E-state index contributed by atoms with van der Waals surface area (Å²) in [5.74, 6) is -0.113. The molecule has 1 rings (SSSR count). The van der Waals surface area contributed by atoms with Gasteiger partial charge in [-0.1, -0.05) is 0 Å². The van der Waals surface area contributed by atoms with Crippen LogP contribution in [0.1, 0.15) is 13.3 Å². The molecule has 0 heterocycles. The highest BCUT2D eigenvalue weighted by molar-refractivity contribution is 5.81. The van der Waals surface area contributed by atoms with Crippen molar-refractivity contribution in [2.45, 2.75) is 31.5 Å². The van der Waals surface area contributed by atoms with Gasteiger partial charge in [0, 0.05) is 12.1 Å². The number of nitrogens with two attached hydrogens (primary N) is 2. The monoisotopic (exact) mass is 143 g/mol. The van der Waals surface area contributed by atoms with Crippen molar-refractivity contribution in [3.63, 3.8) is 0 Å². The highest BCUT2D eigenvalue weighted by atomic mass is 16.2. The summed E-state index contributed by atoms with van der Waals surface area (Å²) in [6, 6.07) is -0.0889. The minimum Gasteiger partial charge on any atom is -0.350 e. The first-order valence-electron chi connectivity index (χ1n) is 3.43. The van der Waals surface area contributed by atoms with E-state index in [2.05, 4.69) is 5.32 Å². The summed E-state index contributed by atoms with van der Waals surface area (Å²) in [7, 11) is 0. The smallest absolute Gasteiger partial charge is 0.236 e. The largest absolute Gasteiger partial charge is 0.350 e. The molecule has 10 heavy (non-hydrogen) atoms. The van der Waals surface area contributed by atoms with Crippen LogP contribution in [0.15, 0.2) is 0 Å². The molecule has 3 unspecified atom stereocenters. The summed E-state index contributed by atoms with van der Waals surface area (Å²) < 4.78 is 0. The van der Waals surface area contributed by atoms with E-state index in [1.165, 1.54) is 0 Å². The first-order valence-corrected chi connectivity index (χ1v) is 3.43. The van der Waals surface area contributed by atoms with Gasteiger partial charge in [-0.15, -0.1) is 0 Å². The highest BCUT2D eigenvalue weighted by Gasteiger charge is 2.34. The SMILES string of the molecule is CC(N)C(=O)NC1CC1N. The minimum atomic E-state index is -0.423. The number of rotatable bonds is 2. The zero-order chi connectivity index (χ0) is 7.72. The predicted molar refractivity (Wildman–Crippen MR) is 38.2 cm³/mol. The van der Waals surface area contributed by atoms with Crippen LogP contribution in [-0.4, -0.2) is 24.0 Å². The van der Waals surface area contributed by atoms with Gasteiger partial charge in [0.25, 0.3) is 0 Å².